The average molecular weight is 424 g/mol. The highest BCUT2D eigenvalue weighted by Gasteiger charge is 2.41. The van der Waals surface area contributed by atoms with Crippen LogP contribution in [0.2, 0.25) is 0 Å². The predicted octanol–water partition coefficient (Wildman–Crippen LogP) is 3.36. The second kappa shape index (κ2) is 8.30. The van der Waals surface area contributed by atoms with E-state index < -0.39 is 0 Å². The second-order valence-corrected chi connectivity index (χ2v) is 8.44. The molecule has 2 fully saturated rings. The van der Waals surface area contributed by atoms with E-state index in [1.165, 1.54) is 0 Å². The van der Waals surface area contributed by atoms with E-state index in [1.54, 1.807) is 32.4 Å². The minimum absolute atomic E-state index is 0.0504. The lowest BCUT2D eigenvalue weighted by atomic mass is 9.96. The number of fused-ring (bicyclic) bond motifs is 3. The fourth-order valence-electron chi connectivity index (χ4n) is 5.16. The molecule has 2 saturated heterocycles. The number of hydrogen-bond acceptors (Lipinski definition) is 6. The molecule has 2 aromatic rings. The number of nitrogens with zero attached hydrogens (tertiary/aromatic N) is 1. The molecule has 2 atom stereocenters. The molecule has 0 aliphatic carbocycles. The molecule has 3 aliphatic rings. The Morgan fingerprint density at radius 2 is 1.81 bits per heavy atom. The minimum Gasteiger partial charge on any atom is -0.497 e. The molecule has 1 amide bonds. The molecule has 2 bridgehead atoms. The zero-order chi connectivity index (χ0) is 21.4. The number of benzene rings is 2. The van der Waals surface area contributed by atoms with Crippen molar-refractivity contribution in [1.29, 1.82) is 0 Å². The van der Waals surface area contributed by atoms with Crippen molar-refractivity contribution in [3.63, 3.8) is 0 Å². The van der Waals surface area contributed by atoms with Crippen molar-refractivity contribution in [3.8, 4) is 23.0 Å². The Labute approximate surface area is 182 Å². The number of carbonyl (C=O) groups is 1. The summed E-state index contributed by atoms with van der Waals surface area (Å²) in [4.78, 5) is 15.4. The largest absolute Gasteiger partial charge is 0.497 e. The summed E-state index contributed by atoms with van der Waals surface area (Å²) < 4.78 is 21.7. The van der Waals surface area contributed by atoms with E-state index in [0.717, 1.165) is 49.3 Å². The second-order valence-electron chi connectivity index (χ2n) is 8.44. The van der Waals surface area contributed by atoms with Crippen LogP contribution in [-0.2, 0) is 6.54 Å². The van der Waals surface area contributed by atoms with E-state index in [9.17, 15) is 4.79 Å². The van der Waals surface area contributed by atoms with Crippen molar-refractivity contribution >= 4 is 5.91 Å². The van der Waals surface area contributed by atoms with Gasteiger partial charge in [-0.2, -0.15) is 0 Å². The molecule has 3 heterocycles. The first-order valence-electron chi connectivity index (χ1n) is 10.8. The highest BCUT2D eigenvalue weighted by Crippen LogP contribution is 2.39. The van der Waals surface area contributed by atoms with Gasteiger partial charge in [0.05, 0.1) is 14.2 Å². The molecule has 31 heavy (non-hydrogen) atoms. The molecular formula is C24H28N2O5. The molecule has 0 aromatic heterocycles. The number of rotatable bonds is 6. The summed E-state index contributed by atoms with van der Waals surface area (Å²) in [6.45, 7) is 1.04. The lowest BCUT2D eigenvalue weighted by molar-refractivity contribution is 0.0825. The average Bonchev–Trinajstić information content (AvgIpc) is 3.34. The monoisotopic (exact) mass is 424 g/mol. The van der Waals surface area contributed by atoms with E-state index in [0.29, 0.717) is 29.1 Å². The third-order valence-electron chi connectivity index (χ3n) is 6.69. The van der Waals surface area contributed by atoms with Gasteiger partial charge in [-0.3, -0.25) is 9.69 Å². The van der Waals surface area contributed by atoms with Crippen LogP contribution in [0.4, 0.5) is 0 Å². The van der Waals surface area contributed by atoms with E-state index in [-0.39, 0.29) is 18.7 Å². The van der Waals surface area contributed by atoms with E-state index in [1.807, 2.05) is 12.1 Å². The van der Waals surface area contributed by atoms with E-state index in [2.05, 4.69) is 16.3 Å². The lowest BCUT2D eigenvalue weighted by Crippen LogP contribution is -2.50. The van der Waals surface area contributed by atoms with Crippen molar-refractivity contribution in [2.24, 2.45) is 0 Å². The van der Waals surface area contributed by atoms with Gasteiger partial charge >= 0.3 is 0 Å². The molecule has 1 N–H and O–H groups in total. The SMILES string of the molecule is COc1ccc(OC)c(CN2C3CCC2CC(NC(=O)c2ccc4c(c2)OCO4)C3)c1. The van der Waals surface area contributed by atoms with E-state index >= 15 is 0 Å². The van der Waals surface area contributed by atoms with Gasteiger partial charge in [0, 0.05) is 35.8 Å². The summed E-state index contributed by atoms with van der Waals surface area (Å²) in [5, 5.41) is 3.25. The Hall–Kier alpha value is -2.93. The normalized spacial score (nSPS) is 24.1. The highest BCUT2D eigenvalue weighted by molar-refractivity contribution is 5.95. The van der Waals surface area contributed by atoms with Crippen LogP contribution in [0.5, 0.6) is 23.0 Å². The fourth-order valence-corrected chi connectivity index (χ4v) is 5.16. The number of methoxy groups -OCH3 is 2. The first-order valence-corrected chi connectivity index (χ1v) is 10.8. The molecule has 7 nitrogen and oxygen atoms in total. The number of nitrogens with one attached hydrogen (secondary N) is 1. The number of ether oxygens (including phenoxy) is 4. The zero-order valence-corrected chi connectivity index (χ0v) is 17.9. The minimum atomic E-state index is -0.0504. The standard InChI is InChI=1S/C24H28N2O5/c1-28-20-6-8-21(29-2)16(9-20)13-26-18-4-5-19(26)12-17(11-18)25-24(27)15-3-7-22-23(10-15)31-14-30-22/h3,6-10,17-19H,4-5,11-14H2,1-2H3,(H,25,27). The molecule has 5 rings (SSSR count). The highest BCUT2D eigenvalue weighted by atomic mass is 16.7. The Kier molecular flexibility index (Phi) is 5.36. The zero-order valence-electron chi connectivity index (χ0n) is 17.9. The molecule has 164 valence electrons. The number of amides is 1. The quantitative estimate of drug-likeness (QED) is 0.767. The maximum Gasteiger partial charge on any atom is 0.251 e. The Balaban J connectivity index is 1.25. The molecule has 2 unspecified atom stereocenters. The lowest BCUT2D eigenvalue weighted by Gasteiger charge is -2.39. The number of piperidine rings is 1. The van der Waals surface area contributed by atoms with Gasteiger partial charge in [-0.1, -0.05) is 0 Å². The summed E-state index contributed by atoms with van der Waals surface area (Å²) in [5.41, 5.74) is 1.75. The van der Waals surface area contributed by atoms with Gasteiger partial charge in [-0.25, -0.2) is 0 Å². The first kappa shape index (κ1) is 20.0. The van der Waals surface area contributed by atoms with Gasteiger partial charge in [0.15, 0.2) is 11.5 Å². The molecule has 0 radical (unpaired) electrons. The smallest absolute Gasteiger partial charge is 0.251 e. The van der Waals surface area contributed by atoms with Crippen molar-refractivity contribution in [1.82, 2.24) is 10.2 Å². The maximum atomic E-state index is 12.8. The molecule has 0 saturated carbocycles. The molecule has 2 aromatic carbocycles. The summed E-state index contributed by atoms with van der Waals surface area (Å²) in [6.07, 6.45) is 4.23. The van der Waals surface area contributed by atoms with Crippen LogP contribution in [0.15, 0.2) is 36.4 Å². The van der Waals surface area contributed by atoms with Crippen LogP contribution in [0.3, 0.4) is 0 Å². The van der Waals surface area contributed by atoms with Gasteiger partial charge in [-0.05, 0) is 62.1 Å². The van der Waals surface area contributed by atoms with Gasteiger partial charge in [0.1, 0.15) is 11.5 Å². The third-order valence-corrected chi connectivity index (χ3v) is 6.69. The van der Waals surface area contributed by atoms with Crippen LogP contribution in [0.1, 0.15) is 41.6 Å². The fraction of sp³-hybridized carbons (Fsp3) is 0.458. The van der Waals surface area contributed by atoms with Crippen molar-refractivity contribution in [2.45, 2.75) is 50.4 Å². The van der Waals surface area contributed by atoms with Crippen molar-refractivity contribution in [2.75, 3.05) is 21.0 Å². The topological polar surface area (TPSA) is 69.3 Å². The predicted molar refractivity (Wildman–Crippen MR) is 115 cm³/mol. The van der Waals surface area contributed by atoms with Crippen LogP contribution < -0.4 is 24.3 Å². The maximum absolute atomic E-state index is 12.8. The van der Waals surface area contributed by atoms with Crippen LogP contribution in [0.25, 0.3) is 0 Å². The Morgan fingerprint density at radius 3 is 2.55 bits per heavy atom. The molecule has 7 heteroatoms. The van der Waals surface area contributed by atoms with Gasteiger partial charge in [-0.15, -0.1) is 0 Å². The first-order chi connectivity index (χ1) is 15.1. The summed E-state index contributed by atoms with van der Waals surface area (Å²) in [5.74, 6) is 3.00. The van der Waals surface area contributed by atoms with Gasteiger partial charge < -0.3 is 24.3 Å². The molecule has 3 aliphatic heterocycles. The van der Waals surface area contributed by atoms with Crippen molar-refractivity contribution in [3.05, 3.63) is 47.5 Å². The van der Waals surface area contributed by atoms with Gasteiger partial charge in [0.2, 0.25) is 6.79 Å². The van der Waals surface area contributed by atoms with Crippen LogP contribution in [0, 0.1) is 0 Å². The summed E-state index contributed by atoms with van der Waals surface area (Å²) in [7, 11) is 3.39. The van der Waals surface area contributed by atoms with E-state index in [4.69, 9.17) is 18.9 Å². The Morgan fingerprint density at radius 1 is 1.03 bits per heavy atom. The summed E-state index contributed by atoms with van der Waals surface area (Å²) in [6, 6.07) is 12.4. The molecule has 0 spiro atoms. The van der Waals surface area contributed by atoms with Crippen LogP contribution in [-0.4, -0.2) is 49.9 Å². The number of carbonyl (C=O) groups excluding carboxylic acids is 1. The molecular weight excluding hydrogens is 396 g/mol. The van der Waals surface area contributed by atoms with Gasteiger partial charge in [0.25, 0.3) is 5.91 Å². The summed E-state index contributed by atoms with van der Waals surface area (Å²) >= 11 is 0. The number of hydrogen-bond donors (Lipinski definition) is 1. The van der Waals surface area contributed by atoms with Crippen molar-refractivity contribution < 1.29 is 23.7 Å². The third kappa shape index (κ3) is 3.90. The Bertz CT molecular complexity index is 964. The van der Waals surface area contributed by atoms with Crippen LogP contribution >= 0.6 is 0 Å².